The Hall–Kier alpha value is -1.93. The maximum Gasteiger partial charge on any atom is 0.419 e. The van der Waals surface area contributed by atoms with Gasteiger partial charge in [-0.15, -0.1) is 11.3 Å². The number of rotatable bonds is 8. The number of halogens is 4. The number of likely N-dealkylation sites (N-methyl/N-ethyl adjacent to an activating group) is 1. The lowest BCUT2D eigenvalue weighted by atomic mass is 10.1. The Balaban J connectivity index is 1.57. The molecule has 1 aromatic heterocycles. The highest BCUT2D eigenvalue weighted by molar-refractivity contribution is 9.10. The first-order valence-corrected chi connectivity index (χ1v) is 14.6. The third kappa shape index (κ3) is 6.49. The van der Waals surface area contributed by atoms with Crippen molar-refractivity contribution in [2.75, 3.05) is 32.0 Å². The number of nitrogens with one attached hydrogen (secondary N) is 1. The average molecular weight is 624 g/mol. The van der Waals surface area contributed by atoms with Crippen LogP contribution in [0.25, 0.3) is 0 Å². The second-order valence-corrected chi connectivity index (χ2v) is 13.2. The van der Waals surface area contributed by atoms with Gasteiger partial charge in [0.25, 0.3) is 10.0 Å². The summed E-state index contributed by atoms with van der Waals surface area (Å²) in [4.78, 5) is 2.82. The number of nitrogens with zero attached hydrogens (tertiary/aromatic N) is 1. The number of thiophene rings is 1. The topological polar surface area (TPSA) is 67.9 Å². The second kappa shape index (κ2) is 10.8. The monoisotopic (exact) mass is 622 g/mol. The van der Waals surface area contributed by atoms with Crippen LogP contribution in [0.3, 0.4) is 0 Å². The summed E-state index contributed by atoms with van der Waals surface area (Å²) < 4.78 is 81.4. The van der Waals surface area contributed by atoms with Crippen LogP contribution in [-0.2, 0) is 16.2 Å². The van der Waals surface area contributed by atoms with Gasteiger partial charge in [0.15, 0.2) is 0 Å². The predicted octanol–water partition coefficient (Wildman–Crippen LogP) is 6.57. The Morgan fingerprint density at radius 1 is 1.19 bits per heavy atom. The number of anilines is 1. The van der Waals surface area contributed by atoms with Crippen molar-refractivity contribution < 1.29 is 31.1 Å². The molecule has 0 bridgehead atoms. The van der Waals surface area contributed by atoms with Crippen molar-refractivity contribution in [1.82, 2.24) is 4.90 Å². The molecule has 4 rings (SSSR count). The molecule has 13 heteroatoms. The number of sulfonamides is 1. The maximum atomic E-state index is 13.6. The van der Waals surface area contributed by atoms with E-state index in [4.69, 9.17) is 9.47 Å². The van der Waals surface area contributed by atoms with Gasteiger partial charge >= 0.3 is 6.18 Å². The molecule has 1 atom stereocenters. The number of hydrogen-bond donors (Lipinski definition) is 1. The van der Waals surface area contributed by atoms with E-state index in [1.807, 2.05) is 30.1 Å². The van der Waals surface area contributed by atoms with Crippen LogP contribution < -0.4 is 14.2 Å². The molecule has 1 saturated heterocycles. The van der Waals surface area contributed by atoms with Gasteiger partial charge in [0.1, 0.15) is 21.8 Å². The van der Waals surface area contributed by atoms with Crippen LogP contribution >= 0.6 is 39.0 Å². The molecule has 2 heterocycles. The molecular weight excluding hydrogens is 601 g/mol. The number of ether oxygens (including phenoxy) is 2. The number of benzene rings is 2. The number of likely N-dealkylation sites (tertiary alicyclic amines) is 1. The van der Waals surface area contributed by atoms with E-state index < -0.39 is 33.6 Å². The first-order valence-electron chi connectivity index (χ1n) is 10.6. The zero-order chi connectivity index (χ0) is 26.1. The van der Waals surface area contributed by atoms with Crippen molar-refractivity contribution in [2.45, 2.75) is 32.0 Å². The standard InChI is InChI=1S/C23H22BrF3N2O4S3/c1-29-9-8-16(13-29)33-20-10-14(6-7-18(20)23(25,26)27)28-36(30,31)21-12-19(24)22(35-21)34-17-5-3-4-15(11-17)32-2/h3-7,10-12,16,28H,8-9,13H2,1-2H3. The lowest BCUT2D eigenvalue weighted by molar-refractivity contribution is -0.139. The lowest BCUT2D eigenvalue weighted by Crippen LogP contribution is -2.23. The maximum absolute atomic E-state index is 13.6. The van der Waals surface area contributed by atoms with E-state index in [-0.39, 0.29) is 9.90 Å². The predicted molar refractivity (Wildman–Crippen MR) is 138 cm³/mol. The van der Waals surface area contributed by atoms with Crippen molar-refractivity contribution >= 4 is 54.7 Å². The fourth-order valence-electron chi connectivity index (χ4n) is 3.60. The highest BCUT2D eigenvalue weighted by Crippen LogP contribution is 2.43. The van der Waals surface area contributed by atoms with E-state index in [1.165, 1.54) is 17.8 Å². The van der Waals surface area contributed by atoms with Crippen molar-refractivity contribution in [3.8, 4) is 11.5 Å². The van der Waals surface area contributed by atoms with Crippen LogP contribution in [0.4, 0.5) is 18.9 Å². The molecule has 6 nitrogen and oxygen atoms in total. The molecule has 2 aromatic carbocycles. The van der Waals surface area contributed by atoms with Gasteiger partial charge in [-0.1, -0.05) is 17.8 Å². The van der Waals surface area contributed by atoms with Gasteiger partial charge in [0.2, 0.25) is 0 Å². The Morgan fingerprint density at radius 3 is 2.64 bits per heavy atom. The minimum Gasteiger partial charge on any atom is -0.497 e. The first kappa shape index (κ1) is 27.1. The normalized spacial score (nSPS) is 16.8. The molecule has 0 amide bonds. The zero-order valence-electron chi connectivity index (χ0n) is 19.1. The molecule has 0 radical (unpaired) electrons. The summed E-state index contributed by atoms with van der Waals surface area (Å²) in [6.07, 6.45) is -4.46. The fraction of sp³-hybridized carbons (Fsp3) is 0.304. The van der Waals surface area contributed by atoms with E-state index >= 15 is 0 Å². The van der Waals surface area contributed by atoms with Gasteiger partial charge in [-0.2, -0.15) is 13.2 Å². The summed E-state index contributed by atoms with van der Waals surface area (Å²) in [5, 5.41) is 0. The number of hydrogen-bond acceptors (Lipinski definition) is 7. The van der Waals surface area contributed by atoms with Crippen LogP contribution in [0.5, 0.6) is 11.5 Å². The minimum absolute atomic E-state index is 0.0135. The Kier molecular flexibility index (Phi) is 8.15. The minimum atomic E-state index is -4.64. The molecule has 0 saturated carbocycles. The summed E-state index contributed by atoms with van der Waals surface area (Å²) in [5.41, 5.74) is -0.966. The fourth-order valence-corrected chi connectivity index (χ4v) is 8.33. The Labute approximate surface area is 224 Å². The molecule has 194 valence electrons. The van der Waals surface area contributed by atoms with Gasteiger partial charge in [0.05, 0.1) is 22.6 Å². The van der Waals surface area contributed by atoms with Gasteiger partial charge < -0.3 is 14.4 Å². The summed E-state index contributed by atoms with van der Waals surface area (Å²) in [5.74, 6) is 0.274. The van der Waals surface area contributed by atoms with Gasteiger partial charge in [-0.05, 0) is 65.8 Å². The quantitative estimate of drug-likeness (QED) is 0.306. The van der Waals surface area contributed by atoms with Crippen molar-refractivity contribution in [2.24, 2.45) is 0 Å². The summed E-state index contributed by atoms with van der Waals surface area (Å²) in [7, 11) is -0.645. The highest BCUT2D eigenvalue weighted by atomic mass is 79.9. The van der Waals surface area contributed by atoms with Crippen LogP contribution in [0.15, 0.2) is 66.3 Å². The molecule has 0 spiro atoms. The first-order chi connectivity index (χ1) is 16.9. The van der Waals surface area contributed by atoms with Crippen molar-refractivity contribution in [3.63, 3.8) is 0 Å². The van der Waals surface area contributed by atoms with Crippen LogP contribution in [0.1, 0.15) is 12.0 Å². The molecule has 1 unspecified atom stereocenters. The Bertz CT molecular complexity index is 1350. The van der Waals surface area contributed by atoms with E-state index in [1.54, 1.807) is 13.2 Å². The number of alkyl halides is 3. The SMILES string of the molecule is COc1cccc(Sc2sc(S(=O)(=O)Nc3ccc(C(F)(F)F)c(OC4CCN(C)C4)c3)cc2Br)c1. The largest absolute Gasteiger partial charge is 0.497 e. The van der Waals surface area contributed by atoms with Crippen LogP contribution in [0.2, 0.25) is 0 Å². The molecule has 1 aliphatic heterocycles. The van der Waals surface area contributed by atoms with E-state index in [0.29, 0.717) is 33.9 Å². The second-order valence-electron chi connectivity index (χ2n) is 8.09. The third-order valence-electron chi connectivity index (χ3n) is 5.33. The van der Waals surface area contributed by atoms with Gasteiger partial charge in [-0.25, -0.2) is 8.42 Å². The molecule has 36 heavy (non-hydrogen) atoms. The lowest BCUT2D eigenvalue weighted by Gasteiger charge is -2.19. The molecule has 1 N–H and O–H groups in total. The van der Waals surface area contributed by atoms with Gasteiger partial charge in [-0.3, -0.25) is 4.72 Å². The summed E-state index contributed by atoms with van der Waals surface area (Å²) >= 11 is 5.80. The summed E-state index contributed by atoms with van der Waals surface area (Å²) in [6, 6.07) is 11.8. The summed E-state index contributed by atoms with van der Waals surface area (Å²) in [6.45, 7) is 1.20. The van der Waals surface area contributed by atoms with E-state index in [9.17, 15) is 21.6 Å². The molecule has 1 fully saturated rings. The third-order valence-corrected chi connectivity index (χ3v) is 10.7. The van der Waals surface area contributed by atoms with Gasteiger partial charge in [0, 0.05) is 28.5 Å². The zero-order valence-corrected chi connectivity index (χ0v) is 23.2. The van der Waals surface area contributed by atoms with Crippen LogP contribution in [-0.4, -0.2) is 46.7 Å². The smallest absolute Gasteiger partial charge is 0.419 e. The van der Waals surface area contributed by atoms with Crippen molar-refractivity contribution in [1.29, 1.82) is 0 Å². The van der Waals surface area contributed by atoms with Crippen LogP contribution in [0, 0.1) is 0 Å². The Morgan fingerprint density at radius 2 is 1.97 bits per heavy atom. The highest BCUT2D eigenvalue weighted by Gasteiger charge is 2.36. The average Bonchev–Trinajstić information content (AvgIpc) is 3.38. The molecule has 1 aliphatic rings. The number of methoxy groups -OCH3 is 1. The van der Waals surface area contributed by atoms with E-state index in [2.05, 4.69) is 20.7 Å². The molecule has 0 aliphatic carbocycles. The molecular formula is C23H22BrF3N2O4S3. The molecule has 3 aromatic rings. The van der Waals surface area contributed by atoms with Crippen molar-refractivity contribution in [3.05, 3.63) is 58.6 Å². The van der Waals surface area contributed by atoms with E-state index in [0.717, 1.165) is 34.4 Å².